The monoisotopic (exact) mass is 305 g/mol. The van der Waals surface area contributed by atoms with Crippen molar-refractivity contribution in [1.29, 1.82) is 0 Å². The summed E-state index contributed by atoms with van der Waals surface area (Å²) in [7, 11) is 0. The highest BCUT2D eigenvalue weighted by Gasteiger charge is 2.14. The molecule has 2 rings (SSSR count). The fourth-order valence-electron chi connectivity index (χ4n) is 2.09. The van der Waals surface area contributed by atoms with Gasteiger partial charge in [0.2, 0.25) is 0 Å². The molecule has 5 heteroatoms. The van der Waals surface area contributed by atoms with Gasteiger partial charge in [-0.2, -0.15) is 11.8 Å². The molecule has 1 unspecified atom stereocenters. The van der Waals surface area contributed by atoms with Crippen molar-refractivity contribution in [3.63, 3.8) is 0 Å². The van der Waals surface area contributed by atoms with Crippen molar-refractivity contribution in [1.82, 2.24) is 5.32 Å². The Bertz CT molecular complexity index is 408. The summed E-state index contributed by atoms with van der Waals surface area (Å²) in [6.07, 6.45) is 3.94. The molecule has 0 aromatic heterocycles. The summed E-state index contributed by atoms with van der Waals surface area (Å²) in [5.41, 5.74) is 0.758. The highest BCUT2D eigenvalue weighted by Crippen LogP contribution is 2.31. The predicted octanol–water partition coefficient (Wildman–Crippen LogP) is 4.07. The highest BCUT2D eigenvalue weighted by atomic mass is 35.5. The van der Waals surface area contributed by atoms with Crippen molar-refractivity contribution in [3.05, 3.63) is 27.7 Å². The van der Waals surface area contributed by atoms with E-state index in [2.05, 4.69) is 5.32 Å². The first-order chi connectivity index (χ1) is 8.66. The van der Waals surface area contributed by atoms with Gasteiger partial charge in [0.05, 0.1) is 5.02 Å². The van der Waals surface area contributed by atoms with Crippen LogP contribution in [0.15, 0.2) is 12.1 Å². The molecule has 0 amide bonds. The SMILES string of the molecule is Oc1c(Cl)cc(Cl)cc1CNCC1CCCCS1. The Morgan fingerprint density at radius 3 is 2.89 bits per heavy atom. The standard InChI is InChI=1S/C13H17Cl2NOS/c14-10-5-9(13(17)12(15)6-10)7-16-8-11-3-1-2-4-18-11/h5-6,11,16-17H,1-4,7-8H2. The summed E-state index contributed by atoms with van der Waals surface area (Å²) in [5.74, 6) is 1.39. The molecule has 1 aromatic rings. The minimum absolute atomic E-state index is 0.130. The summed E-state index contributed by atoms with van der Waals surface area (Å²) in [6, 6.07) is 3.31. The molecule has 0 spiro atoms. The van der Waals surface area contributed by atoms with E-state index in [9.17, 15) is 5.11 Å². The number of rotatable bonds is 4. The maximum Gasteiger partial charge on any atom is 0.138 e. The smallest absolute Gasteiger partial charge is 0.138 e. The first-order valence-corrected chi connectivity index (χ1v) is 7.96. The van der Waals surface area contributed by atoms with Gasteiger partial charge >= 0.3 is 0 Å². The molecule has 1 aromatic carbocycles. The quantitative estimate of drug-likeness (QED) is 0.879. The molecular weight excluding hydrogens is 289 g/mol. The van der Waals surface area contributed by atoms with Crippen LogP contribution in [0.1, 0.15) is 24.8 Å². The van der Waals surface area contributed by atoms with E-state index in [-0.39, 0.29) is 5.75 Å². The fourth-order valence-corrected chi connectivity index (χ4v) is 3.90. The lowest BCUT2D eigenvalue weighted by molar-refractivity contribution is 0.464. The third-order valence-electron chi connectivity index (χ3n) is 3.07. The van der Waals surface area contributed by atoms with Crippen LogP contribution in [0.25, 0.3) is 0 Å². The summed E-state index contributed by atoms with van der Waals surface area (Å²) >= 11 is 13.8. The van der Waals surface area contributed by atoms with Crippen LogP contribution in [-0.4, -0.2) is 22.7 Å². The molecule has 1 aliphatic heterocycles. The molecule has 2 N–H and O–H groups in total. The second-order valence-corrected chi connectivity index (χ2v) is 6.77. The molecule has 0 bridgehead atoms. The number of benzene rings is 1. The van der Waals surface area contributed by atoms with Gasteiger partial charge in [0, 0.05) is 28.9 Å². The van der Waals surface area contributed by atoms with Crippen LogP contribution in [0.4, 0.5) is 0 Å². The van der Waals surface area contributed by atoms with E-state index >= 15 is 0 Å². The molecule has 2 nitrogen and oxygen atoms in total. The molecule has 1 saturated heterocycles. The van der Waals surface area contributed by atoms with Crippen molar-refractivity contribution in [3.8, 4) is 5.75 Å². The normalized spacial score (nSPS) is 20.0. The number of nitrogens with one attached hydrogen (secondary N) is 1. The average molecular weight is 306 g/mol. The van der Waals surface area contributed by atoms with E-state index in [0.717, 1.165) is 12.1 Å². The Morgan fingerprint density at radius 2 is 2.17 bits per heavy atom. The Kier molecular flexibility index (Phi) is 5.49. The van der Waals surface area contributed by atoms with E-state index in [1.165, 1.54) is 25.0 Å². The largest absolute Gasteiger partial charge is 0.506 e. The molecule has 0 saturated carbocycles. The van der Waals surface area contributed by atoms with E-state index in [0.29, 0.717) is 21.8 Å². The van der Waals surface area contributed by atoms with Crippen molar-refractivity contribution in [2.75, 3.05) is 12.3 Å². The van der Waals surface area contributed by atoms with E-state index in [1.807, 2.05) is 11.8 Å². The minimum Gasteiger partial charge on any atom is -0.506 e. The lowest BCUT2D eigenvalue weighted by Gasteiger charge is -2.21. The summed E-state index contributed by atoms with van der Waals surface area (Å²) < 4.78 is 0. The first-order valence-electron chi connectivity index (χ1n) is 6.16. The molecular formula is C13H17Cl2NOS. The number of phenolic OH excluding ortho intramolecular Hbond substituents is 1. The molecule has 100 valence electrons. The molecule has 1 fully saturated rings. The second-order valence-electron chi connectivity index (χ2n) is 4.51. The zero-order chi connectivity index (χ0) is 13.0. The van der Waals surface area contributed by atoms with Gasteiger partial charge in [-0.05, 0) is 30.7 Å². The zero-order valence-corrected chi connectivity index (χ0v) is 12.4. The van der Waals surface area contributed by atoms with Gasteiger partial charge in [0.15, 0.2) is 0 Å². The third kappa shape index (κ3) is 3.95. The molecule has 18 heavy (non-hydrogen) atoms. The Labute approximate surface area is 122 Å². The van der Waals surface area contributed by atoms with Gasteiger partial charge in [-0.3, -0.25) is 0 Å². The predicted molar refractivity (Wildman–Crippen MR) is 79.9 cm³/mol. The van der Waals surface area contributed by atoms with Crippen LogP contribution in [0.3, 0.4) is 0 Å². The van der Waals surface area contributed by atoms with Crippen molar-refractivity contribution in [2.24, 2.45) is 0 Å². The van der Waals surface area contributed by atoms with Crippen LogP contribution >= 0.6 is 35.0 Å². The van der Waals surface area contributed by atoms with Crippen LogP contribution < -0.4 is 5.32 Å². The number of hydrogen-bond acceptors (Lipinski definition) is 3. The topological polar surface area (TPSA) is 32.3 Å². The van der Waals surface area contributed by atoms with Crippen molar-refractivity contribution < 1.29 is 5.11 Å². The Balaban J connectivity index is 1.86. The maximum absolute atomic E-state index is 9.82. The maximum atomic E-state index is 9.82. The number of hydrogen-bond donors (Lipinski definition) is 2. The van der Waals surface area contributed by atoms with Crippen LogP contribution in [0.5, 0.6) is 5.75 Å². The minimum atomic E-state index is 0.130. The molecule has 1 atom stereocenters. The Morgan fingerprint density at radius 1 is 1.33 bits per heavy atom. The first kappa shape index (κ1) is 14.3. The summed E-state index contributed by atoms with van der Waals surface area (Å²) in [4.78, 5) is 0. The number of halogens is 2. The van der Waals surface area contributed by atoms with E-state index in [1.54, 1.807) is 12.1 Å². The third-order valence-corrected chi connectivity index (χ3v) is 4.97. The van der Waals surface area contributed by atoms with Crippen LogP contribution in [0, 0.1) is 0 Å². The fraction of sp³-hybridized carbons (Fsp3) is 0.538. The zero-order valence-electron chi connectivity index (χ0n) is 10.1. The lowest BCUT2D eigenvalue weighted by Crippen LogP contribution is -2.26. The molecule has 0 radical (unpaired) electrons. The summed E-state index contributed by atoms with van der Waals surface area (Å²) in [5, 5.41) is 14.8. The van der Waals surface area contributed by atoms with Gasteiger partial charge < -0.3 is 10.4 Å². The number of phenols is 1. The van der Waals surface area contributed by atoms with E-state index in [4.69, 9.17) is 23.2 Å². The van der Waals surface area contributed by atoms with Gasteiger partial charge in [-0.1, -0.05) is 29.6 Å². The Hall–Kier alpha value is -0.0900. The molecule has 1 heterocycles. The lowest BCUT2D eigenvalue weighted by atomic mass is 10.1. The van der Waals surface area contributed by atoms with E-state index < -0.39 is 0 Å². The van der Waals surface area contributed by atoms with Crippen LogP contribution in [0.2, 0.25) is 10.0 Å². The van der Waals surface area contributed by atoms with Crippen molar-refractivity contribution in [2.45, 2.75) is 31.1 Å². The van der Waals surface area contributed by atoms with Gasteiger partial charge in [-0.15, -0.1) is 0 Å². The summed E-state index contributed by atoms with van der Waals surface area (Å²) in [6.45, 7) is 1.57. The molecule has 0 aliphatic carbocycles. The van der Waals surface area contributed by atoms with Gasteiger partial charge in [-0.25, -0.2) is 0 Å². The van der Waals surface area contributed by atoms with Gasteiger partial charge in [0.25, 0.3) is 0 Å². The number of thioether (sulfide) groups is 1. The average Bonchev–Trinajstić information content (AvgIpc) is 2.36. The van der Waals surface area contributed by atoms with Crippen molar-refractivity contribution >= 4 is 35.0 Å². The van der Waals surface area contributed by atoms with Gasteiger partial charge in [0.1, 0.15) is 5.75 Å². The second kappa shape index (κ2) is 6.90. The van der Waals surface area contributed by atoms with Crippen LogP contribution in [-0.2, 0) is 6.54 Å². The highest BCUT2D eigenvalue weighted by molar-refractivity contribution is 7.99. The molecule has 1 aliphatic rings. The number of aromatic hydroxyl groups is 1.